The van der Waals surface area contributed by atoms with Gasteiger partial charge in [0.05, 0.1) is 24.4 Å². The Morgan fingerprint density at radius 1 is 1.00 bits per heavy atom. The Morgan fingerprint density at radius 3 is 2.50 bits per heavy atom. The molecule has 0 bridgehead atoms. The van der Waals surface area contributed by atoms with Crippen LogP contribution in [0.2, 0.25) is 0 Å². The summed E-state index contributed by atoms with van der Waals surface area (Å²) in [6.07, 6.45) is 0.124. The van der Waals surface area contributed by atoms with Crippen LogP contribution in [0.3, 0.4) is 0 Å². The zero-order chi connectivity index (χ0) is 24.1. The molecule has 0 unspecified atom stereocenters. The second kappa shape index (κ2) is 10.1. The molecule has 0 aliphatic carbocycles. The van der Waals surface area contributed by atoms with Crippen molar-refractivity contribution in [2.75, 3.05) is 11.9 Å². The lowest BCUT2D eigenvalue weighted by Gasteiger charge is -2.11. The Kier molecular flexibility index (Phi) is 6.82. The van der Waals surface area contributed by atoms with Gasteiger partial charge in [0, 0.05) is 11.3 Å². The van der Waals surface area contributed by atoms with Gasteiger partial charge in [0.2, 0.25) is 5.91 Å². The number of halogens is 1. The minimum absolute atomic E-state index is 0.124. The van der Waals surface area contributed by atoms with E-state index in [9.17, 15) is 14.0 Å². The van der Waals surface area contributed by atoms with Crippen molar-refractivity contribution in [3.8, 4) is 16.9 Å². The highest BCUT2D eigenvalue weighted by Gasteiger charge is 2.18. The quantitative estimate of drug-likeness (QED) is 0.380. The molecule has 4 rings (SSSR count). The Bertz CT molecular complexity index is 1330. The molecule has 0 atom stereocenters. The van der Waals surface area contributed by atoms with Gasteiger partial charge in [-0.05, 0) is 67.4 Å². The van der Waals surface area contributed by atoms with E-state index in [1.807, 2.05) is 49.4 Å². The molecule has 34 heavy (non-hydrogen) atoms. The second-order valence-electron chi connectivity index (χ2n) is 7.82. The highest BCUT2D eigenvalue weighted by molar-refractivity contribution is 5.93. The van der Waals surface area contributed by atoms with Gasteiger partial charge in [-0.15, -0.1) is 0 Å². The van der Waals surface area contributed by atoms with E-state index in [-0.39, 0.29) is 30.4 Å². The Hall–Kier alpha value is -4.26. The summed E-state index contributed by atoms with van der Waals surface area (Å²) in [5, 5.41) is 7.37. The van der Waals surface area contributed by atoms with Crippen molar-refractivity contribution in [1.82, 2.24) is 9.78 Å². The maximum Gasteiger partial charge on any atom is 0.358 e. The molecule has 1 N–H and O–H groups in total. The average Bonchev–Trinajstić information content (AvgIpc) is 3.27. The van der Waals surface area contributed by atoms with E-state index < -0.39 is 5.97 Å². The molecule has 0 spiro atoms. The van der Waals surface area contributed by atoms with Gasteiger partial charge >= 0.3 is 5.97 Å². The predicted octanol–water partition coefficient (Wildman–Crippen LogP) is 5.34. The normalized spacial score (nSPS) is 10.7. The Morgan fingerprint density at radius 2 is 1.76 bits per heavy atom. The topological polar surface area (TPSA) is 73.2 Å². The van der Waals surface area contributed by atoms with E-state index in [1.165, 1.54) is 12.1 Å². The number of ether oxygens (including phenoxy) is 1. The minimum Gasteiger partial charge on any atom is -0.461 e. The highest BCUT2D eigenvalue weighted by atomic mass is 19.1. The maximum atomic E-state index is 13.1. The third kappa shape index (κ3) is 5.38. The Balaban J connectivity index is 1.64. The zero-order valence-electron chi connectivity index (χ0n) is 18.9. The van der Waals surface area contributed by atoms with Crippen molar-refractivity contribution >= 4 is 17.6 Å². The van der Waals surface area contributed by atoms with Crippen molar-refractivity contribution < 1.29 is 18.7 Å². The van der Waals surface area contributed by atoms with Gasteiger partial charge in [-0.1, -0.05) is 36.4 Å². The lowest BCUT2D eigenvalue weighted by atomic mass is 10.1. The summed E-state index contributed by atoms with van der Waals surface area (Å²) < 4.78 is 19.9. The largest absolute Gasteiger partial charge is 0.461 e. The molecule has 3 aromatic carbocycles. The van der Waals surface area contributed by atoms with Crippen LogP contribution in [0.1, 0.15) is 28.5 Å². The molecule has 0 saturated heterocycles. The summed E-state index contributed by atoms with van der Waals surface area (Å²) in [5.41, 5.74) is 4.82. The van der Waals surface area contributed by atoms with E-state index in [0.717, 1.165) is 16.8 Å². The minimum atomic E-state index is -0.501. The van der Waals surface area contributed by atoms with E-state index in [1.54, 1.807) is 35.9 Å². The first-order valence-electron chi connectivity index (χ1n) is 10.9. The van der Waals surface area contributed by atoms with Gasteiger partial charge in [-0.2, -0.15) is 5.10 Å². The number of amides is 1. The number of hydrogen-bond acceptors (Lipinski definition) is 4. The predicted molar refractivity (Wildman–Crippen MR) is 128 cm³/mol. The first-order valence-corrected chi connectivity index (χ1v) is 10.9. The first kappa shape index (κ1) is 22.9. The number of hydrogen-bond donors (Lipinski definition) is 1. The molecule has 1 heterocycles. The average molecular weight is 458 g/mol. The SMILES string of the molecule is CCOC(=O)c1cc(-c2cccc(NC(=O)Cc3ccc(F)cc3)c2)n(-c2cccc(C)c2)n1. The van der Waals surface area contributed by atoms with Gasteiger partial charge in [0.15, 0.2) is 5.69 Å². The number of benzene rings is 3. The van der Waals surface area contributed by atoms with Crippen LogP contribution in [-0.4, -0.2) is 28.3 Å². The number of carbonyl (C=O) groups excluding carboxylic acids is 2. The van der Waals surface area contributed by atoms with Crippen LogP contribution >= 0.6 is 0 Å². The Labute approximate surface area is 197 Å². The molecule has 4 aromatic rings. The number of carbonyl (C=O) groups is 2. The molecule has 0 aliphatic rings. The van der Waals surface area contributed by atoms with Crippen molar-refractivity contribution in [2.45, 2.75) is 20.3 Å². The highest BCUT2D eigenvalue weighted by Crippen LogP contribution is 2.27. The molecule has 0 saturated carbocycles. The summed E-state index contributed by atoms with van der Waals surface area (Å²) in [6, 6.07) is 22.6. The fourth-order valence-electron chi connectivity index (χ4n) is 3.60. The standard InChI is InChI=1S/C27H24FN3O3/c1-3-34-27(33)24-17-25(31(30-24)23-9-4-6-18(2)14-23)20-7-5-8-22(16-20)29-26(32)15-19-10-12-21(28)13-11-19/h4-14,16-17H,3,15H2,1-2H3,(H,29,32). The number of aromatic nitrogens is 2. The molecule has 0 fully saturated rings. The van der Waals surface area contributed by atoms with E-state index in [2.05, 4.69) is 10.4 Å². The van der Waals surface area contributed by atoms with Crippen LogP contribution in [-0.2, 0) is 16.0 Å². The monoisotopic (exact) mass is 457 g/mol. The second-order valence-corrected chi connectivity index (χ2v) is 7.82. The molecule has 7 heteroatoms. The van der Waals surface area contributed by atoms with Gasteiger partial charge in [-0.25, -0.2) is 13.9 Å². The van der Waals surface area contributed by atoms with Gasteiger partial charge in [0.1, 0.15) is 5.82 Å². The molecule has 0 aliphatic heterocycles. The number of aryl methyl sites for hydroxylation is 1. The lowest BCUT2D eigenvalue weighted by molar-refractivity contribution is -0.115. The molecule has 1 amide bonds. The molecule has 1 aromatic heterocycles. The lowest BCUT2D eigenvalue weighted by Crippen LogP contribution is -2.14. The van der Waals surface area contributed by atoms with Crippen LogP contribution in [0.5, 0.6) is 0 Å². The summed E-state index contributed by atoms with van der Waals surface area (Å²) in [4.78, 5) is 24.9. The van der Waals surface area contributed by atoms with Gasteiger partial charge < -0.3 is 10.1 Å². The van der Waals surface area contributed by atoms with Crippen molar-refractivity contribution in [1.29, 1.82) is 0 Å². The molecule has 172 valence electrons. The molecule has 6 nitrogen and oxygen atoms in total. The smallest absolute Gasteiger partial charge is 0.358 e. The number of anilines is 1. The van der Waals surface area contributed by atoms with Crippen LogP contribution in [0.25, 0.3) is 16.9 Å². The number of esters is 1. The van der Waals surface area contributed by atoms with E-state index in [0.29, 0.717) is 16.9 Å². The maximum absolute atomic E-state index is 13.1. The number of nitrogens with zero attached hydrogens (tertiary/aromatic N) is 2. The molecular weight excluding hydrogens is 433 g/mol. The summed E-state index contributed by atoms with van der Waals surface area (Å²) in [7, 11) is 0. The third-order valence-corrected chi connectivity index (χ3v) is 5.16. The van der Waals surface area contributed by atoms with Crippen LogP contribution in [0.4, 0.5) is 10.1 Å². The fraction of sp³-hybridized carbons (Fsp3) is 0.148. The van der Waals surface area contributed by atoms with Crippen molar-refractivity contribution in [3.63, 3.8) is 0 Å². The summed E-state index contributed by atoms with van der Waals surface area (Å²) >= 11 is 0. The van der Waals surface area contributed by atoms with Crippen LogP contribution in [0, 0.1) is 12.7 Å². The summed E-state index contributed by atoms with van der Waals surface area (Å²) in [5.74, 6) is -1.06. The number of nitrogens with one attached hydrogen (secondary N) is 1. The van der Waals surface area contributed by atoms with Crippen molar-refractivity contribution in [2.24, 2.45) is 0 Å². The molecule has 0 radical (unpaired) electrons. The summed E-state index contributed by atoms with van der Waals surface area (Å²) in [6.45, 7) is 3.98. The van der Waals surface area contributed by atoms with Crippen LogP contribution < -0.4 is 5.32 Å². The van der Waals surface area contributed by atoms with Crippen LogP contribution in [0.15, 0.2) is 78.9 Å². The van der Waals surface area contributed by atoms with Gasteiger partial charge in [-0.3, -0.25) is 4.79 Å². The van der Waals surface area contributed by atoms with E-state index >= 15 is 0 Å². The molecular formula is C27H24FN3O3. The van der Waals surface area contributed by atoms with Gasteiger partial charge in [0.25, 0.3) is 0 Å². The van der Waals surface area contributed by atoms with E-state index in [4.69, 9.17) is 4.74 Å². The first-order chi connectivity index (χ1) is 16.4. The number of rotatable bonds is 7. The zero-order valence-corrected chi connectivity index (χ0v) is 18.9. The fourth-order valence-corrected chi connectivity index (χ4v) is 3.60. The third-order valence-electron chi connectivity index (χ3n) is 5.16. The van der Waals surface area contributed by atoms with Crippen molar-refractivity contribution in [3.05, 3.63) is 102 Å².